The summed E-state index contributed by atoms with van der Waals surface area (Å²) in [7, 11) is 0. The van der Waals surface area contributed by atoms with Gasteiger partial charge in [0.2, 0.25) is 5.95 Å². The Bertz CT molecular complexity index is 1880. The number of pyridine rings is 5. The summed E-state index contributed by atoms with van der Waals surface area (Å²) in [4.78, 5) is 45.9. The molecule has 0 aliphatic carbocycles. The van der Waals surface area contributed by atoms with Crippen LogP contribution in [0.25, 0.3) is 0 Å². The van der Waals surface area contributed by atoms with Gasteiger partial charge in [0.05, 0.1) is 24.8 Å². The second-order valence-electron chi connectivity index (χ2n) is 9.77. The number of hydrogen-bond acceptors (Lipinski definition) is 9. The van der Waals surface area contributed by atoms with Gasteiger partial charge in [0.1, 0.15) is 51.8 Å². The lowest BCUT2D eigenvalue weighted by Gasteiger charge is -2.16. The molecule has 2 amide bonds. The Kier molecular flexibility index (Phi) is 9.22. The summed E-state index contributed by atoms with van der Waals surface area (Å²) in [5.74, 6) is -2.64. The van der Waals surface area contributed by atoms with Crippen LogP contribution in [0, 0.1) is 24.5 Å². The van der Waals surface area contributed by atoms with Crippen LogP contribution in [-0.4, -0.2) is 42.8 Å². The Balaban J connectivity index is 1.34. The molecule has 1 atom stereocenters. The standard InChI is InChI=1S/C31H24F3N7O4/c1-17(38-30(42)26-11-22(7-18(2)37-26)44-24-8-19(32)13-35-15-24)6-21-10-23(45-25-9-20(33)14-36-16-25)12-27(39-21)31(43)41-29-5-3-4-28(34)40-29/h3-5,7-17H,6H2,1-2H3,(H,38,42)(H,40,41,43). The lowest BCUT2D eigenvalue weighted by molar-refractivity contribution is 0.0933. The summed E-state index contributed by atoms with van der Waals surface area (Å²) in [6, 6.07) is 11.5. The molecule has 0 aromatic carbocycles. The van der Waals surface area contributed by atoms with Crippen LogP contribution in [0.5, 0.6) is 23.0 Å². The molecule has 0 spiro atoms. The van der Waals surface area contributed by atoms with E-state index in [1.54, 1.807) is 19.9 Å². The van der Waals surface area contributed by atoms with Crippen LogP contribution in [0.3, 0.4) is 0 Å². The van der Waals surface area contributed by atoms with E-state index in [-0.39, 0.29) is 46.6 Å². The Labute approximate surface area is 254 Å². The van der Waals surface area contributed by atoms with Crippen molar-refractivity contribution in [2.24, 2.45) is 0 Å². The Hall–Kier alpha value is -5.92. The van der Waals surface area contributed by atoms with Crippen LogP contribution in [0.2, 0.25) is 0 Å². The lowest BCUT2D eigenvalue weighted by Crippen LogP contribution is -2.35. The Morgan fingerprint density at radius 2 is 1.38 bits per heavy atom. The van der Waals surface area contributed by atoms with Gasteiger partial charge in [-0.3, -0.25) is 19.6 Å². The first-order valence-electron chi connectivity index (χ1n) is 13.4. The number of hydrogen-bond donors (Lipinski definition) is 2. The van der Waals surface area contributed by atoms with Gasteiger partial charge in [-0.1, -0.05) is 6.07 Å². The van der Waals surface area contributed by atoms with Crippen molar-refractivity contribution in [3.8, 4) is 23.0 Å². The van der Waals surface area contributed by atoms with Crippen molar-refractivity contribution in [1.82, 2.24) is 30.2 Å². The third kappa shape index (κ3) is 8.56. The molecule has 228 valence electrons. The van der Waals surface area contributed by atoms with Crippen LogP contribution < -0.4 is 20.1 Å². The zero-order valence-corrected chi connectivity index (χ0v) is 23.8. The molecular weight excluding hydrogens is 591 g/mol. The third-order valence-corrected chi connectivity index (χ3v) is 5.92. The SMILES string of the molecule is Cc1cc(Oc2cncc(F)c2)cc(C(=O)NC(C)Cc2cc(Oc3cncc(F)c3)cc(C(=O)Nc3cccc(F)n3)n2)n1. The first-order valence-corrected chi connectivity index (χ1v) is 13.4. The maximum Gasteiger partial charge on any atom is 0.275 e. The highest BCUT2D eigenvalue weighted by Gasteiger charge is 2.18. The average Bonchev–Trinajstić information content (AvgIpc) is 2.96. The number of carbonyl (C=O) groups excluding carboxylic acids is 2. The lowest BCUT2D eigenvalue weighted by atomic mass is 10.1. The van der Waals surface area contributed by atoms with E-state index in [1.165, 1.54) is 42.7 Å². The quantitative estimate of drug-likeness (QED) is 0.193. The summed E-state index contributed by atoms with van der Waals surface area (Å²) in [5.41, 5.74) is 0.760. The van der Waals surface area contributed by atoms with Crippen LogP contribution in [-0.2, 0) is 6.42 Å². The fraction of sp³-hybridized carbons (Fsp3) is 0.129. The fourth-order valence-corrected chi connectivity index (χ4v) is 4.14. The molecular formula is C31H24F3N7O4. The smallest absolute Gasteiger partial charge is 0.275 e. The van der Waals surface area contributed by atoms with Crippen LogP contribution in [0.1, 0.15) is 39.3 Å². The van der Waals surface area contributed by atoms with Crippen molar-refractivity contribution < 1.29 is 32.2 Å². The molecule has 0 saturated carbocycles. The molecule has 45 heavy (non-hydrogen) atoms. The number of aromatic nitrogens is 5. The van der Waals surface area contributed by atoms with Crippen molar-refractivity contribution in [1.29, 1.82) is 0 Å². The first-order chi connectivity index (χ1) is 21.6. The topological polar surface area (TPSA) is 141 Å². The van der Waals surface area contributed by atoms with Crippen LogP contribution in [0.4, 0.5) is 19.0 Å². The van der Waals surface area contributed by atoms with Gasteiger partial charge in [-0.15, -0.1) is 0 Å². The van der Waals surface area contributed by atoms with Crippen molar-refractivity contribution >= 4 is 17.6 Å². The normalized spacial score (nSPS) is 11.4. The van der Waals surface area contributed by atoms with E-state index in [9.17, 15) is 22.8 Å². The summed E-state index contributed by atoms with van der Waals surface area (Å²) in [6.45, 7) is 3.39. The number of halogens is 3. The molecule has 5 aromatic rings. The summed E-state index contributed by atoms with van der Waals surface area (Å²) < 4.78 is 52.2. The maximum absolute atomic E-state index is 13.7. The van der Waals surface area contributed by atoms with E-state index < -0.39 is 35.4 Å². The number of amides is 2. The van der Waals surface area contributed by atoms with Gasteiger partial charge in [0, 0.05) is 60.2 Å². The number of carbonyl (C=O) groups is 2. The van der Waals surface area contributed by atoms with Crippen LogP contribution in [0.15, 0.2) is 79.4 Å². The Morgan fingerprint density at radius 1 is 0.756 bits per heavy atom. The van der Waals surface area contributed by atoms with Gasteiger partial charge >= 0.3 is 0 Å². The van der Waals surface area contributed by atoms with E-state index in [2.05, 4.69) is 35.6 Å². The van der Waals surface area contributed by atoms with E-state index >= 15 is 0 Å². The molecule has 0 aliphatic heterocycles. The molecule has 0 bridgehead atoms. The van der Waals surface area contributed by atoms with E-state index in [0.717, 1.165) is 30.6 Å². The molecule has 14 heteroatoms. The molecule has 0 fully saturated rings. The summed E-state index contributed by atoms with van der Waals surface area (Å²) >= 11 is 0. The van der Waals surface area contributed by atoms with Crippen molar-refractivity contribution in [3.05, 3.63) is 120 Å². The molecule has 0 radical (unpaired) electrons. The first kappa shape index (κ1) is 30.5. The minimum Gasteiger partial charge on any atom is -0.455 e. The van der Waals surface area contributed by atoms with E-state index in [4.69, 9.17) is 9.47 Å². The zero-order valence-electron chi connectivity index (χ0n) is 23.8. The number of ether oxygens (including phenoxy) is 2. The van der Waals surface area contributed by atoms with Gasteiger partial charge in [0.15, 0.2) is 0 Å². The Morgan fingerprint density at radius 3 is 2.00 bits per heavy atom. The molecule has 2 N–H and O–H groups in total. The monoisotopic (exact) mass is 615 g/mol. The molecule has 0 saturated heterocycles. The number of nitrogens with zero attached hydrogens (tertiary/aromatic N) is 5. The van der Waals surface area contributed by atoms with Crippen molar-refractivity contribution in [2.75, 3.05) is 5.32 Å². The van der Waals surface area contributed by atoms with Gasteiger partial charge in [-0.2, -0.15) is 4.39 Å². The second kappa shape index (κ2) is 13.6. The minimum atomic E-state index is -0.783. The number of anilines is 1. The highest BCUT2D eigenvalue weighted by molar-refractivity contribution is 6.02. The highest BCUT2D eigenvalue weighted by Crippen LogP contribution is 2.25. The predicted octanol–water partition coefficient (Wildman–Crippen LogP) is 5.59. The zero-order chi connectivity index (χ0) is 31.9. The second-order valence-corrected chi connectivity index (χ2v) is 9.77. The molecule has 5 rings (SSSR count). The fourth-order valence-electron chi connectivity index (χ4n) is 4.14. The number of rotatable bonds is 10. The summed E-state index contributed by atoms with van der Waals surface area (Å²) in [5, 5.41) is 5.29. The van der Waals surface area contributed by atoms with Crippen LogP contribution >= 0.6 is 0 Å². The number of aryl methyl sites for hydroxylation is 1. The van der Waals surface area contributed by atoms with Crippen molar-refractivity contribution in [3.63, 3.8) is 0 Å². The highest BCUT2D eigenvalue weighted by atomic mass is 19.1. The van der Waals surface area contributed by atoms with E-state index in [0.29, 0.717) is 11.4 Å². The summed E-state index contributed by atoms with van der Waals surface area (Å²) in [6.07, 6.45) is 4.81. The maximum atomic E-state index is 13.7. The average molecular weight is 616 g/mol. The van der Waals surface area contributed by atoms with Gasteiger partial charge in [-0.05, 0) is 26.0 Å². The van der Waals surface area contributed by atoms with Gasteiger partial charge < -0.3 is 20.1 Å². The molecule has 11 nitrogen and oxygen atoms in total. The van der Waals surface area contributed by atoms with Crippen molar-refractivity contribution in [2.45, 2.75) is 26.3 Å². The third-order valence-electron chi connectivity index (χ3n) is 5.92. The molecule has 5 aromatic heterocycles. The molecule has 5 heterocycles. The molecule has 1 unspecified atom stereocenters. The van der Waals surface area contributed by atoms with Gasteiger partial charge in [-0.25, -0.2) is 23.7 Å². The number of nitrogens with one attached hydrogen (secondary N) is 2. The minimum absolute atomic E-state index is 0.0349. The van der Waals surface area contributed by atoms with Gasteiger partial charge in [0.25, 0.3) is 11.8 Å². The largest absolute Gasteiger partial charge is 0.455 e. The van der Waals surface area contributed by atoms with E-state index in [1.807, 2.05) is 0 Å². The predicted molar refractivity (Wildman–Crippen MR) is 155 cm³/mol. The molecule has 0 aliphatic rings.